The molecule has 1 atom stereocenters. The van der Waals surface area contributed by atoms with Gasteiger partial charge >= 0.3 is 0 Å². The van der Waals surface area contributed by atoms with Crippen LogP contribution in [0.25, 0.3) is 0 Å². The van der Waals surface area contributed by atoms with Crippen molar-refractivity contribution in [2.45, 2.75) is 11.0 Å². The highest BCUT2D eigenvalue weighted by molar-refractivity contribution is 9.10. The van der Waals surface area contributed by atoms with E-state index in [1.807, 2.05) is 48.5 Å². The Labute approximate surface area is 135 Å². The van der Waals surface area contributed by atoms with Gasteiger partial charge in [-0.15, -0.1) is 5.10 Å². The first-order valence-corrected chi connectivity index (χ1v) is 7.72. The lowest BCUT2D eigenvalue weighted by atomic mass is 10.1. The van der Waals surface area contributed by atoms with Crippen molar-refractivity contribution in [3.05, 3.63) is 77.6 Å². The minimum absolute atomic E-state index is 0.605. The zero-order valence-electron chi connectivity index (χ0n) is 11.6. The molecule has 108 valence electrons. The Hall–Kier alpha value is -2.34. The summed E-state index contributed by atoms with van der Waals surface area (Å²) in [6.45, 7) is 0.619. The Morgan fingerprint density at radius 3 is 2.36 bits per heavy atom. The van der Waals surface area contributed by atoms with Crippen LogP contribution in [0.1, 0.15) is 17.0 Å². The number of alkyl halides is 1. The van der Waals surface area contributed by atoms with Gasteiger partial charge < -0.3 is 0 Å². The van der Waals surface area contributed by atoms with Crippen LogP contribution in [0.2, 0.25) is 0 Å². The third-order valence-electron chi connectivity index (χ3n) is 3.58. The van der Waals surface area contributed by atoms with E-state index in [1.165, 1.54) is 0 Å². The van der Waals surface area contributed by atoms with Crippen molar-refractivity contribution >= 4 is 21.6 Å². The van der Waals surface area contributed by atoms with Gasteiger partial charge in [0.1, 0.15) is 0 Å². The lowest BCUT2D eigenvalue weighted by molar-refractivity contribution is 0.615. The zero-order chi connectivity index (χ0) is 15.0. The highest BCUT2D eigenvalue weighted by Crippen LogP contribution is 2.46. The second-order valence-electron chi connectivity index (χ2n) is 5.09. The van der Waals surface area contributed by atoms with Gasteiger partial charge in [-0.05, 0) is 37.5 Å². The number of aliphatic imine (C=N–C) groups is 1. The van der Waals surface area contributed by atoms with Gasteiger partial charge in [-0.2, -0.15) is 0 Å². The first-order chi connectivity index (χ1) is 10.8. The summed E-state index contributed by atoms with van der Waals surface area (Å²) in [4.78, 5) is 4.57. The van der Waals surface area contributed by atoms with Gasteiger partial charge in [-0.1, -0.05) is 60.7 Å². The molecular formula is C16H12BrN5. The van der Waals surface area contributed by atoms with Gasteiger partial charge in [0.2, 0.25) is 4.45 Å². The molecule has 1 aliphatic rings. The van der Waals surface area contributed by atoms with Crippen molar-refractivity contribution in [1.29, 1.82) is 0 Å². The van der Waals surface area contributed by atoms with Crippen molar-refractivity contribution in [3.63, 3.8) is 0 Å². The molecule has 1 unspecified atom stereocenters. The Bertz CT molecular complexity index is 828. The molecule has 2 heterocycles. The molecule has 0 saturated carbocycles. The maximum atomic E-state index is 4.57. The number of hydrogen-bond donors (Lipinski definition) is 0. The molecule has 0 aliphatic carbocycles. The molecule has 22 heavy (non-hydrogen) atoms. The Kier molecular flexibility index (Phi) is 3.11. The SMILES string of the molecule is BrC1(c2nnnn2Cc2ccccc2)N=C1c1ccccc1. The van der Waals surface area contributed by atoms with Gasteiger partial charge in [0.25, 0.3) is 0 Å². The van der Waals surface area contributed by atoms with E-state index in [0.29, 0.717) is 12.4 Å². The number of hydrogen-bond acceptors (Lipinski definition) is 4. The molecule has 3 aromatic rings. The molecule has 0 N–H and O–H groups in total. The van der Waals surface area contributed by atoms with Crippen molar-refractivity contribution in [2.75, 3.05) is 0 Å². The van der Waals surface area contributed by atoms with Gasteiger partial charge in [0.05, 0.1) is 12.3 Å². The Morgan fingerprint density at radius 1 is 0.955 bits per heavy atom. The molecule has 2 aromatic carbocycles. The van der Waals surface area contributed by atoms with Gasteiger partial charge in [-0.3, -0.25) is 4.99 Å². The average Bonchev–Trinajstić information content (AvgIpc) is 3.03. The van der Waals surface area contributed by atoms with Crippen LogP contribution in [0.5, 0.6) is 0 Å². The molecule has 4 rings (SSSR count). The summed E-state index contributed by atoms with van der Waals surface area (Å²) >= 11 is 3.68. The molecular weight excluding hydrogens is 342 g/mol. The van der Waals surface area contributed by atoms with Crippen LogP contribution in [0.4, 0.5) is 0 Å². The first-order valence-electron chi connectivity index (χ1n) is 6.92. The van der Waals surface area contributed by atoms with Crippen molar-refractivity contribution in [3.8, 4) is 0 Å². The van der Waals surface area contributed by atoms with E-state index in [4.69, 9.17) is 0 Å². The smallest absolute Gasteiger partial charge is 0.218 e. The quantitative estimate of drug-likeness (QED) is 0.535. The van der Waals surface area contributed by atoms with Crippen molar-refractivity contribution in [2.24, 2.45) is 4.99 Å². The highest BCUT2D eigenvalue weighted by atomic mass is 79.9. The minimum Gasteiger partial charge on any atom is -0.252 e. The number of rotatable bonds is 4. The van der Waals surface area contributed by atoms with Crippen LogP contribution >= 0.6 is 15.9 Å². The lowest BCUT2D eigenvalue weighted by Gasteiger charge is -2.08. The summed E-state index contributed by atoms with van der Waals surface area (Å²) in [5.74, 6) is 0.704. The molecule has 1 aliphatic heterocycles. The summed E-state index contributed by atoms with van der Waals surface area (Å²) in [7, 11) is 0. The van der Waals surface area contributed by atoms with E-state index in [1.54, 1.807) is 4.68 Å². The van der Waals surface area contributed by atoms with Gasteiger partial charge in [-0.25, -0.2) is 4.68 Å². The summed E-state index contributed by atoms with van der Waals surface area (Å²) in [5, 5.41) is 12.1. The second kappa shape index (κ2) is 5.14. The maximum Gasteiger partial charge on any atom is 0.218 e. The third kappa shape index (κ3) is 2.25. The molecule has 0 radical (unpaired) electrons. The van der Waals surface area contributed by atoms with Crippen molar-refractivity contribution in [1.82, 2.24) is 20.2 Å². The van der Waals surface area contributed by atoms with Crippen LogP contribution in [0, 0.1) is 0 Å². The predicted octanol–water partition coefficient (Wildman–Crippen LogP) is 2.77. The van der Waals surface area contributed by atoms with Crippen LogP contribution in [-0.4, -0.2) is 25.9 Å². The fourth-order valence-corrected chi connectivity index (χ4v) is 3.13. The predicted molar refractivity (Wildman–Crippen MR) is 86.9 cm³/mol. The van der Waals surface area contributed by atoms with E-state index in [0.717, 1.165) is 16.8 Å². The normalized spacial score (nSPS) is 19.8. The zero-order valence-corrected chi connectivity index (χ0v) is 13.2. The molecule has 0 amide bonds. The molecule has 0 bridgehead atoms. The summed E-state index contributed by atoms with van der Waals surface area (Å²) in [5.41, 5.74) is 3.18. The van der Waals surface area contributed by atoms with Crippen LogP contribution in [0.15, 0.2) is 65.7 Å². The lowest BCUT2D eigenvalue weighted by Crippen LogP contribution is -2.18. The number of aromatic nitrogens is 4. The molecule has 0 fully saturated rings. The fourth-order valence-electron chi connectivity index (χ4n) is 2.44. The monoisotopic (exact) mass is 353 g/mol. The van der Waals surface area contributed by atoms with E-state index in [2.05, 4.69) is 48.6 Å². The second-order valence-corrected chi connectivity index (χ2v) is 6.24. The van der Waals surface area contributed by atoms with E-state index in [9.17, 15) is 0 Å². The highest BCUT2D eigenvalue weighted by Gasteiger charge is 2.51. The molecule has 1 aromatic heterocycles. The van der Waals surface area contributed by atoms with Crippen LogP contribution < -0.4 is 0 Å². The van der Waals surface area contributed by atoms with Gasteiger partial charge in [0.15, 0.2) is 5.82 Å². The van der Waals surface area contributed by atoms with Crippen LogP contribution in [-0.2, 0) is 11.0 Å². The molecule has 5 nitrogen and oxygen atoms in total. The number of benzene rings is 2. The van der Waals surface area contributed by atoms with E-state index in [-0.39, 0.29) is 0 Å². The molecule has 0 saturated heterocycles. The summed E-state index contributed by atoms with van der Waals surface area (Å²) < 4.78 is 1.18. The Morgan fingerprint density at radius 2 is 1.64 bits per heavy atom. The standard InChI is InChI=1S/C16H12BrN5/c17-16(14(18-16)13-9-5-2-6-10-13)15-19-20-21-22(15)11-12-7-3-1-4-8-12/h1-10H,11H2. The maximum absolute atomic E-state index is 4.57. The molecule has 0 spiro atoms. The fraction of sp³-hybridized carbons (Fsp3) is 0.125. The summed E-state index contributed by atoms with van der Waals surface area (Å²) in [6.07, 6.45) is 0. The van der Waals surface area contributed by atoms with Crippen molar-refractivity contribution < 1.29 is 0 Å². The van der Waals surface area contributed by atoms with Gasteiger partial charge in [0, 0.05) is 0 Å². The summed E-state index contributed by atoms with van der Waals surface area (Å²) in [6, 6.07) is 20.2. The van der Waals surface area contributed by atoms with E-state index < -0.39 is 4.45 Å². The average molecular weight is 354 g/mol. The van der Waals surface area contributed by atoms with Crippen LogP contribution in [0.3, 0.4) is 0 Å². The Balaban J connectivity index is 1.62. The minimum atomic E-state index is -0.605. The third-order valence-corrected chi connectivity index (χ3v) is 4.49. The number of tetrazole rings is 1. The first kappa shape index (κ1) is 13.3. The molecule has 6 heteroatoms. The number of nitrogens with zero attached hydrogens (tertiary/aromatic N) is 5. The largest absolute Gasteiger partial charge is 0.252 e. The topological polar surface area (TPSA) is 56.0 Å². The van der Waals surface area contributed by atoms with E-state index >= 15 is 0 Å². The number of halogens is 1.